The van der Waals surface area contributed by atoms with Gasteiger partial charge in [-0.05, 0) is 70.5 Å². The summed E-state index contributed by atoms with van der Waals surface area (Å²) in [6, 6.07) is 0.106. The zero-order valence-electron chi connectivity index (χ0n) is 15.7. The Morgan fingerprint density at radius 1 is 1.24 bits per heavy atom. The number of aldehydes is 1. The summed E-state index contributed by atoms with van der Waals surface area (Å²) in [6.45, 7) is 6.23. The van der Waals surface area contributed by atoms with Gasteiger partial charge in [-0.3, -0.25) is 14.6 Å². The lowest BCUT2D eigenvalue weighted by molar-refractivity contribution is -0.121. The van der Waals surface area contributed by atoms with Crippen molar-refractivity contribution in [1.82, 2.24) is 15.1 Å². The number of amides is 1. The van der Waals surface area contributed by atoms with Crippen molar-refractivity contribution in [2.24, 2.45) is 11.8 Å². The number of likely N-dealkylation sites (tertiary alicyclic amines) is 2. The number of hydrogen-bond donors (Lipinski definition) is 1. The van der Waals surface area contributed by atoms with Gasteiger partial charge in [-0.25, -0.2) is 0 Å². The van der Waals surface area contributed by atoms with E-state index in [1.54, 1.807) is 7.05 Å². The Morgan fingerprint density at radius 2 is 1.96 bits per heavy atom. The molecule has 0 saturated carbocycles. The Hall–Kier alpha value is -1.38. The molecule has 0 aromatic carbocycles. The second-order valence-electron chi connectivity index (χ2n) is 7.53. The van der Waals surface area contributed by atoms with Gasteiger partial charge in [0, 0.05) is 20.0 Å². The number of piperidine rings is 2. The maximum absolute atomic E-state index is 11.5. The molecule has 1 amide bonds. The third kappa shape index (κ3) is 5.55. The SMILES string of the molecule is C#CC(C)N1CCC(C2CCCN(C(C=O)CCC(=O)NC)C2)CC1. The lowest BCUT2D eigenvalue weighted by atomic mass is 9.79. The van der Waals surface area contributed by atoms with Crippen molar-refractivity contribution in [3.63, 3.8) is 0 Å². The molecule has 0 aromatic heterocycles. The number of terminal acetylenes is 1. The number of carbonyl (C=O) groups excluding carboxylic acids is 2. The third-order valence-electron chi connectivity index (χ3n) is 6.09. The molecule has 0 aliphatic carbocycles. The molecule has 2 saturated heterocycles. The van der Waals surface area contributed by atoms with E-state index in [4.69, 9.17) is 6.42 Å². The van der Waals surface area contributed by atoms with Crippen LogP contribution in [0.4, 0.5) is 0 Å². The van der Waals surface area contributed by atoms with Gasteiger partial charge >= 0.3 is 0 Å². The Balaban J connectivity index is 1.85. The number of nitrogens with one attached hydrogen (secondary N) is 1. The Morgan fingerprint density at radius 3 is 2.56 bits per heavy atom. The molecular formula is C20H33N3O2. The fourth-order valence-corrected chi connectivity index (χ4v) is 4.35. The van der Waals surface area contributed by atoms with Crippen molar-refractivity contribution >= 4 is 12.2 Å². The maximum atomic E-state index is 11.5. The molecule has 3 atom stereocenters. The molecule has 1 N–H and O–H groups in total. The third-order valence-corrected chi connectivity index (χ3v) is 6.09. The summed E-state index contributed by atoms with van der Waals surface area (Å²) in [5.74, 6) is 4.24. The largest absolute Gasteiger partial charge is 0.359 e. The van der Waals surface area contributed by atoms with Crippen LogP contribution >= 0.6 is 0 Å². The molecule has 3 unspecified atom stereocenters. The highest BCUT2D eigenvalue weighted by atomic mass is 16.1. The van der Waals surface area contributed by atoms with Crippen molar-refractivity contribution in [3.05, 3.63) is 0 Å². The van der Waals surface area contributed by atoms with Gasteiger partial charge in [0.05, 0.1) is 12.1 Å². The molecule has 0 aromatic rings. The van der Waals surface area contributed by atoms with E-state index in [2.05, 4.69) is 28.0 Å². The van der Waals surface area contributed by atoms with E-state index >= 15 is 0 Å². The Bertz CT molecular complexity index is 480. The molecule has 5 heteroatoms. The van der Waals surface area contributed by atoms with Crippen LogP contribution in [0.15, 0.2) is 0 Å². The second kappa shape index (κ2) is 9.94. The summed E-state index contributed by atoms with van der Waals surface area (Å²) in [6.07, 6.45) is 12.4. The zero-order chi connectivity index (χ0) is 18.2. The van der Waals surface area contributed by atoms with Crippen LogP contribution in [0.2, 0.25) is 0 Å². The van der Waals surface area contributed by atoms with E-state index in [1.807, 2.05) is 0 Å². The van der Waals surface area contributed by atoms with Crippen molar-refractivity contribution in [2.45, 2.75) is 57.5 Å². The van der Waals surface area contributed by atoms with Crippen LogP contribution in [0.3, 0.4) is 0 Å². The van der Waals surface area contributed by atoms with Crippen LogP contribution in [0, 0.1) is 24.2 Å². The number of nitrogens with zero attached hydrogens (tertiary/aromatic N) is 2. The van der Waals surface area contributed by atoms with E-state index in [0.29, 0.717) is 18.8 Å². The molecule has 2 aliphatic rings. The minimum Gasteiger partial charge on any atom is -0.359 e. The number of hydrogen-bond acceptors (Lipinski definition) is 4. The first-order valence-corrected chi connectivity index (χ1v) is 9.69. The summed E-state index contributed by atoms with van der Waals surface area (Å²) in [7, 11) is 1.64. The van der Waals surface area contributed by atoms with Gasteiger partial charge in [0.1, 0.15) is 6.29 Å². The highest BCUT2D eigenvalue weighted by Crippen LogP contribution is 2.32. The molecule has 2 aliphatic heterocycles. The molecule has 0 spiro atoms. The van der Waals surface area contributed by atoms with Crippen LogP contribution in [0.1, 0.15) is 45.4 Å². The van der Waals surface area contributed by atoms with Gasteiger partial charge in [-0.2, -0.15) is 0 Å². The maximum Gasteiger partial charge on any atom is 0.219 e. The molecule has 5 nitrogen and oxygen atoms in total. The standard InChI is InChI=1S/C20H33N3O2/c1-4-16(2)22-12-9-17(10-13-22)18-6-5-11-23(14-18)19(15-24)7-8-20(25)21-3/h1,15-19H,5-14H2,2-3H3,(H,21,25). The molecule has 140 valence electrons. The number of rotatable bonds is 7. The molecule has 0 bridgehead atoms. The number of carbonyl (C=O) groups is 2. The van der Waals surface area contributed by atoms with Crippen molar-refractivity contribution in [2.75, 3.05) is 33.2 Å². The van der Waals surface area contributed by atoms with E-state index in [9.17, 15) is 9.59 Å². The normalized spacial score (nSPS) is 25.7. The van der Waals surface area contributed by atoms with Crippen LogP contribution in [0.5, 0.6) is 0 Å². The van der Waals surface area contributed by atoms with Crippen LogP contribution in [-0.4, -0.2) is 67.3 Å². The summed E-state index contributed by atoms with van der Waals surface area (Å²) < 4.78 is 0. The van der Waals surface area contributed by atoms with Gasteiger partial charge in [0.25, 0.3) is 0 Å². The minimum atomic E-state index is -0.123. The molecule has 2 rings (SSSR count). The first-order valence-electron chi connectivity index (χ1n) is 9.69. The van der Waals surface area contributed by atoms with E-state index in [-0.39, 0.29) is 18.0 Å². The molecule has 25 heavy (non-hydrogen) atoms. The van der Waals surface area contributed by atoms with Gasteiger partial charge in [0.2, 0.25) is 5.91 Å². The summed E-state index contributed by atoms with van der Waals surface area (Å²) in [5.41, 5.74) is 0. The molecule has 2 fully saturated rings. The topological polar surface area (TPSA) is 52.7 Å². The van der Waals surface area contributed by atoms with E-state index < -0.39 is 0 Å². The van der Waals surface area contributed by atoms with Gasteiger partial charge in [0.15, 0.2) is 0 Å². The van der Waals surface area contributed by atoms with Crippen molar-refractivity contribution in [1.29, 1.82) is 0 Å². The summed E-state index contributed by atoms with van der Waals surface area (Å²) in [5, 5.41) is 2.63. The monoisotopic (exact) mass is 347 g/mol. The van der Waals surface area contributed by atoms with Gasteiger partial charge < -0.3 is 10.1 Å². The summed E-state index contributed by atoms with van der Waals surface area (Å²) in [4.78, 5) is 27.7. The molecule has 0 radical (unpaired) electrons. The van der Waals surface area contributed by atoms with Gasteiger partial charge in [-0.15, -0.1) is 6.42 Å². The predicted octanol–water partition coefficient (Wildman–Crippen LogP) is 1.53. The zero-order valence-corrected chi connectivity index (χ0v) is 15.7. The first kappa shape index (κ1) is 19.9. The second-order valence-corrected chi connectivity index (χ2v) is 7.53. The fourth-order valence-electron chi connectivity index (χ4n) is 4.35. The smallest absolute Gasteiger partial charge is 0.219 e. The average Bonchev–Trinajstić information content (AvgIpc) is 2.68. The quantitative estimate of drug-likeness (QED) is 0.560. The molecular weight excluding hydrogens is 314 g/mol. The van der Waals surface area contributed by atoms with E-state index in [0.717, 1.165) is 44.8 Å². The molecule has 2 heterocycles. The highest BCUT2D eigenvalue weighted by molar-refractivity contribution is 5.76. The Labute approximate surface area is 152 Å². The predicted molar refractivity (Wildman–Crippen MR) is 100 cm³/mol. The minimum absolute atomic E-state index is 0.00964. The first-order chi connectivity index (χ1) is 12.1. The highest BCUT2D eigenvalue weighted by Gasteiger charge is 2.33. The van der Waals surface area contributed by atoms with Crippen molar-refractivity contribution in [3.8, 4) is 12.3 Å². The lowest BCUT2D eigenvalue weighted by Crippen LogP contribution is -2.48. The lowest BCUT2D eigenvalue weighted by Gasteiger charge is -2.43. The average molecular weight is 348 g/mol. The fraction of sp³-hybridized carbons (Fsp3) is 0.800. The van der Waals surface area contributed by atoms with Crippen LogP contribution in [-0.2, 0) is 9.59 Å². The van der Waals surface area contributed by atoms with Crippen molar-refractivity contribution < 1.29 is 9.59 Å². The van der Waals surface area contributed by atoms with E-state index in [1.165, 1.54) is 19.3 Å². The van der Waals surface area contributed by atoms with Gasteiger partial charge in [-0.1, -0.05) is 5.92 Å². The van der Waals surface area contributed by atoms with Crippen LogP contribution < -0.4 is 5.32 Å². The Kier molecular flexibility index (Phi) is 7.92. The summed E-state index contributed by atoms with van der Waals surface area (Å²) >= 11 is 0. The van der Waals surface area contributed by atoms with Crippen LogP contribution in [0.25, 0.3) is 0 Å².